The molecule has 2 aromatic rings. The largest absolute Gasteiger partial charge is 0.396 e. The highest BCUT2D eigenvalue weighted by atomic mass is 32.2. The summed E-state index contributed by atoms with van der Waals surface area (Å²) in [6.07, 6.45) is 6.60. The van der Waals surface area contributed by atoms with Crippen molar-refractivity contribution in [3.8, 4) is 0 Å². The Morgan fingerprint density at radius 1 is 1.26 bits per heavy atom. The molecule has 0 radical (unpaired) electrons. The minimum atomic E-state index is -1.14. The smallest absolute Gasteiger partial charge is 0.146 e. The lowest BCUT2D eigenvalue weighted by Gasteiger charge is -2.36. The molecule has 2 unspecified atom stereocenters. The molecule has 1 fully saturated rings. The molecule has 6 heteroatoms. The van der Waals surface area contributed by atoms with E-state index >= 15 is 0 Å². The number of halogens is 1. The Labute approximate surface area is 163 Å². The van der Waals surface area contributed by atoms with Gasteiger partial charge in [0.15, 0.2) is 0 Å². The van der Waals surface area contributed by atoms with Gasteiger partial charge in [0.25, 0.3) is 0 Å². The highest BCUT2D eigenvalue weighted by molar-refractivity contribution is 7.84. The average Bonchev–Trinajstić information content (AvgIpc) is 3.46. The van der Waals surface area contributed by atoms with Crippen LogP contribution in [0.15, 0.2) is 42.7 Å². The van der Waals surface area contributed by atoms with Gasteiger partial charge in [-0.3, -0.25) is 4.98 Å². The normalized spacial score (nSPS) is 18.1. The van der Waals surface area contributed by atoms with E-state index in [4.69, 9.17) is 5.73 Å². The Morgan fingerprint density at radius 2 is 2.00 bits per heavy atom. The fraction of sp³-hybridized carbons (Fsp3) is 0.476. The number of nitrogen functional groups attached to an aromatic ring is 1. The van der Waals surface area contributed by atoms with Gasteiger partial charge < -0.3 is 5.73 Å². The Kier molecular flexibility index (Phi) is 5.68. The molecule has 2 atom stereocenters. The molecule has 1 aromatic heterocycles. The van der Waals surface area contributed by atoms with Crippen LogP contribution < -0.4 is 10.5 Å². The van der Waals surface area contributed by atoms with Crippen LogP contribution in [0.1, 0.15) is 51.2 Å². The molecule has 1 aromatic carbocycles. The molecule has 1 heterocycles. The van der Waals surface area contributed by atoms with Gasteiger partial charge in [-0.2, -0.15) is 0 Å². The monoisotopic (exact) mass is 389 g/mol. The van der Waals surface area contributed by atoms with E-state index in [1.807, 2.05) is 39.1 Å². The summed E-state index contributed by atoms with van der Waals surface area (Å²) in [7, 11) is -1.14. The summed E-state index contributed by atoms with van der Waals surface area (Å²) in [6.45, 7) is 6.44. The molecule has 3 N–H and O–H groups in total. The molecule has 146 valence electrons. The van der Waals surface area contributed by atoms with Gasteiger partial charge in [-0.05, 0) is 75.3 Å². The fourth-order valence-electron chi connectivity index (χ4n) is 3.71. The first-order valence-corrected chi connectivity index (χ1v) is 10.5. The second-order valence-corrected chi connectivity index (χ2v) is 10.3. The van der Waals surface area contributed by atoms with E-state index in [0.717, 1.165) is 30.4 Å². The van der Waals surface area contributed by atoms with E-state index in [1.165, 1.54) is 6.07 Å². The second kappa shape index (κ2) is 7.68. The van der Waals surface area contributed by atoms with Crippen LogP contribution in [-0.4, -0.2) is 20.5 Å². The van der Waals surface area contributed by atoms with Crippen LogP contribution in [0.3, 0.4) is 0 Å². The minimum Gasteiger partial charge on any atom is -0.396 e. The van der Waals surface area contributed by atoms with Crippen molar-refractivity contribution in [1.82, 2.24) is 9.71 Å². The molecule has 0 saturated heterocycles. The quantitative estimate of drug-likeness (QED) is 0.705. The van der Waals surface area contributed by atoms with Crippen molar-refractivity contribution in [2.75, 3.05) is 12.3 Å². The summed E-state index contributed by atoms with van der Waals surface area (Å²) in [4.78, 5) is 4.32. The maximum Gasteiger partial charge on any atom is 0.146 e. The van der Waals surface area contributed by atoms with Crippen molar-refractivity contribution in [1.29, 1.82) is 0 Å². The molecule has 0 amide bonds. The first-order valence-electron chi connectivity index (χ1n) is 9.36. The zero-order chi connectivity index (χ0) is 19.7. The van der Waals surface area contributed by atoms with Crippen molar-refractivity contribution in [2.24, 2.45) is 5.92 Å². The first-order chi connectivity index (χ1) is 12.7. The number of nitrogens with zero attached hydrogens (tertiary/aromatic N) is 1. The average molecular weight is 390 g/mol. The molecule has 1 saturated carbocycles. The van der Waals surface area contributed by atoms with Gasteiger partial charge in [0.2, 0.25) is 0 Å². The van der Waals surface area contributed by atoms with Crippen LogP contribution in [-0.2, 0) is 16.4 Å². The first kappa shape index (κ1) is 20.0. The zero-order valence-corrected chi connectivity index (χ0v) is 17.0. The van der Waals surface area contributed by atoms with Crippen molar-refractivity contribution < 1.29 is 8.60 Å². The lowest BCUT2D eigenvalue weighted by molar-refractivity contribution is 0.411. The number of nitrogens with one attached hydrogen (secondary N) is 1. The topological polar surface area (TPSA) is 68.0 Å². The lowest BCUT2D eigenvalue weighted by Crippen LogP contribution is -2.38. The molecular weight excluding hydrogens is 361 g/mol. The Morgan fingerprint density at radius 3 is 2.56 bits per heavy atom. The molecule has 3 rings (SSSR count). The van der Waals surface area contributed by atoms with E-state index in [1.54, 1.807) is 12.3 Å². The third kappa shape index (κ3) is 4.22. The zero-order valence-electron chi connectivity index (χ0n) is 16.2. The number of pyridine rings is 1. The molecule has 4 nitrogen and oxygen atoms in total. The number of rotatable bonds is 7. The summed E-state index contributed by atoms with van der Waals surface area (Å²) < 4.78 is 29.1. The van der Waals surface area contributed by atoms with Crippen LogP contribution in [0.5, 0.6) is 0 Å². The molecule has 0 aliphatic heterocycles. The molecule has 0 spiro atoms. The van der Waals surface area contributed by atoms with Crippen LogP contribution in [0, 0.1) is 11.7 Å². The summed E-state index contributed by atoms with van der Waals surface area (Å²) in [6, 6.07) is 9.03. The van der Waals surface area contributed by atoms with Gasteiger partial charge in [0.05, 0.1) is 21.4 Å². The van der Waals surface area contributed by atoms with Gasteiger partial charge in [0.1, 0.15) is 5.82 Å². The second-order valence-electron chi connectivity index (χ2n) is 8.25. The fourth-order valence-corrected chi connectivity index (χ4v) is 4.43. The summed E-state index contributed by atoms with van der Waals surface area (Å²) >= 11 is 0. The van der Waals surface area contributed by atoms with E-state index in [9.17, 15) is 8.60 Å². The minimum absolute atomic E-state index is 0.160. The number of aromatic nitrogens is 1. The third-order valence-electron chi connectivity index (χ3n) is 5.27. The maximum atomic E-state index is 13.8. The van der Waals surface area contributed by atoms with Gasteiger partial charge in [0, 0.05) is 24.4 Å². The number of benzene rings is 1. The van der Waals surface area contributed by atoms with Crippen LogP contribution >= 0.6 is 0 Å². The molecule has 0 bridgehead atoms. The van der Waals surface area contributed by atoms with E-state index in [-0.39, 0.29) is 15.8 Å². The van der Waals surface area contributed by atoms with E-state index in [0.29, 0.717) is 12.5 Å². The van der Waals surface area contributed by atoms with Crippen LogP contribution in [0.4, 0.5) is 10.1 Å². The summed E-state index contributed by atoms with van der Waals surface area (Å²) in [5.74, 6) is 0.0398. The number of hydrogen-bond donors (Lipinski definition) is 2. The third-order valence-corrected chi connectivity index (χ3v) is 6.85. The Balaban J connectivity index is 1.98. The number of nitrogens with two attached hydrogens (primary N) is 1. The summed E-state index contributed by atoms with van der Waals surface area (Å²) in [5, 5.41) is 0. The summed E-state index contributed by atoms with van der Waals surface area (Å²) in [5.41, 5.74) is 7.84. The number of hydrogen-bond acceptors (Lipinski definition) is 3. The van der Waals surface area contributed by atoms with Crippen molar-refractivity contribution in [2.45, 2.75) is 50.2 Å². The van der Waals surface area contributed by atoms with E-state index in [2.05, 4.69) is 15.8 Å². The van der Waals surface area contributed by atoms with Crippen molar-refractivity contribution >= 4 is 16.7 Å². The van der Waals surface area contributed by atoms with Gasteiger partial charge in [-0.1, -0.05) is 12.1 Å². The number of anilines is 1. The predicted octanol–water partition coefficient (Wildman–Crippen LogP) is 3.94. The molecule has 1 aliphatic rings. The maximum absolute atomic E-state index is 13.8. The van der Waals surface area contributed by atoms with Gasteiger partial charge in [-0.15, -0.1) is 0 Å². The SMILES string of the molecule is CC(C)(C)S(=O)NCCC(c1cccnc1)(c1ccc(F)c(N)c1)C1CC1. The Hall–Kier alpha value is -1.79. The standard InChI is InChI=1S/C21H28FN3OS/c1-20(2,3)27(26)25-12-10-21(15-6-7-15,17-5-4-11-24-14-17)16-8-9-18(22)19(23)13-16/h4-5,8-9,11,13-15,25H,6-7,10,12,23H2,1-3H3. The van der Waals surface area contributed by atoms with Crippen molar-refractivity contribution in [3.63, 3.8) is 0 Å². The molecule has 1 aliphatic carbocycles. The van der Waals surface area contributed by atoms with Gasteiger partial charge >= 0.3 is 0 Å². The Bertz CT molecular complexity index is 818. The highest BCUT2D eigenvalue weighted by Gasteiger charge is 2.47. The highest BCUT2D eigenvalue weighted by Crippen LogP contribution is 2.53. The van der Waals surface area contributed by atoms with Gasteiger partial charge in [-0.25, -0.2) is 13.3 Å². The van der Waals surface area contributed by atoms with Crippen LogP contribution in [0.25, 0.3) is 0 Å². The van der Waals surface area contributed by atoms with Crippen LogP contribution in [0.2, 0.25) is 0 Å². The molecular formula is C21H28FN3OS. The van der Waals surface area contributed by atoms with Crippen molar-refractivity contribution in [3.05, 3.63) is 59.7 Å². The molecule has 27 heavy (non-hydrogen) atoms. The van der Waals surface area contributed by atoms with E-state index < -0.39 is 16.8 Å². The predicted molar refractivity (Wildman–Crippen MR) is 109 cm³/mol. The lowest BCUT2D eigenvalue weighted by atomic mass is 9.68.